The van der Waals surface area contributed by atoms with E-state index in [-0.39, 0.29) is 23.7 Å². The van der Waals surface area contributed by atoms with Crippen LogP contribution in [0.25, 0.3) is 0 Å². The third-order valence-electron chi connectivity index (χ3n) is 4.02. The normalized spacial score (nSPS) is 23.9. The van der Waals surface area contributed by atoms with Gasteiger partial charge in [0.25, 0.3) is 0 Å². The number of halogens is 1. The number of likely N-dealkylation sites (tertiary alicyclic amines) is 1. The fraction of sp³-hybridized carbons (Fsp3) is 0.562. The molecule has 1 aliphatic rings. The maximum Gasteiger partial charge on any atom is 0.223 e. The van der Waals surface area contributed by atoms with E-state index in [1.165, 1.54) is 6.07 Å². The molecule has 0 bridgehead atoms. The molecule has 110 valence electrons. The van der Waals surface area contributed by atoms with Gasteiger partial charge in [0.15, 0.2) is 0 Å². The lowest BCUT2D eigenvalue weighted by molar-refractivity contribution is -0.133. The molecular formula is C16H23FN2O. The van der Waals surface area contributed by atoms with Crippen LogP contribution < -0.4 is 5.73 Å². The van der Waals surface area contributed by atoms with Crippen molar-refractivity contribution >= 4 is 5.91 Å². The summed E-state index contributed by atoms with van der Waals surface area (Å²) in [7, 11) is 0. The van der Waals surface area contributed by atoms with Gasteiger partial charge in [0.2, 0.25) is 5.91 Å². The Bertz CT molecular complexity index is 477. The molecule has 3 unspecified atom stereocenters. The predicted molar refractivity (Wildman–Crippen MR) is 77.5 cm³/mol. The smallest absolute Gasteiger partial charge is 0.223 e. The van der Waals surface area contributed by atoms with Crippen LogP contribution in [0.3, 0.4) is 0 Å². The van der Waals surface area contributed by atoms with E-state index in [0.29, 0.717) is 31.0 Å². The zero-order chi connectivity index (χ0) is 14.7. The van der Waals surface area contributed by atoms with Crippen LogP contribution in [0.1, 0.15) is 38.3 Å². The van der Waals surface area contributed by atoms with E-state index in [1.807, 2.05) is 17.9 Å². The van der Waals surface area contributed by atoms with Crippen molar-refractivity contribution in [2.24, 2.45) is 17.6 Å². The van der Waals surface area contributed by atoms with Crippen molar-refractivity contribution in [3.8, 4) is 0 Å². The second-order valence-electron chi connectivity index (χ2n) is 5.97. The minimum atomic E-state index is -0.226. The molecule has 20 heavy (non-hydrogen) atoms. The summed E-state index contributed by atoms with van der Waals surface area (Å²) in [6, 6.07) is 6.62. The molecule has 1 heterocycles. The van der Waals surface area contributed by atoms with E-state index >= 15 is 0 Å². The zero-order valence-corrected chi connectivity index (χ0v) is 12.2. The summed E-state index contributed by atoms with van der Waals surface area (Å²) >= 11 is 0. The Balaban J connectivity index is 2.19. The number of carbonyl (C=O) groups excluding carboxylic acids is 1. The van der Waals surface area contributed by atoms with Crippen LogP contribution in [0.5, 0.6) is 0 Å². The lowest BCUT2D eigenvalue weighted by Gasteiger charge is -2.26. The Morgan fingerprint density at radius 3 is 2.85 bits per heavy atom. The van der Waals surface area contributed by atoms with Crippen molar-refractivity contribution in [3.63, 3.8) is 0 Å². The van der Waals surface area contributed by atoms with Crippen LogP contribution in [-0.2, 0) is 4.79 Å². The molecule has 1 aromatic rings. The average Bonchev–Trinajstić information content (AvgIpc) is 2.81. The van der Waals surface area contributed by atoms with Crippen molar-refractivity contribution in [1.82, 2.24) is 4.90 Å². The second-order valence-corrected chi connectivity index (χ2v) is 5.97. The Morgan fingerprint density at radius 1 is 1.50 bits per heavy atom. The molecule has 1 aromatic carbocycles. The first-order chi connectivity index (χ1) is 9.52. The molecule has 4 heteroatoms. The van der Waals surface area contributed by atoms with E-state index in [1.54, 1.807) is 12.1 Å². The first-order valence-corrected chi connectivity index (χ1v) is 7.26. The SMILES string of the molecule is CC(CN)CC(=O)N1CC(C)CC1c1ccccc1F. The van der Waals surface area contributed by atoms with E-state index < -0.39 is 0 Å². The van der Waals surface area contributed by atoms with Gasteiger partial charge in [-0.1, -0.05) is 32.0 Å². The second kappa shape index (κ2) is 6.35. The Morgan fingerprint density at radius 2 is 2.20 bits per heavy atom. The van der Waals surface area contributed by atoms with Gasteiger partial charge >= 0.3 is 0 Å². The van der Waals surface area contributed by atoms with Crippen molar-refractivity contribution in [2.45, 2.75) is 32.7 Å². The van der Waals surface area contributed by atoms with Gasteiger partial charge in [-0.15, -0.1) is 0 Å². The molecule has 2 rings (SSSR count). The lowest BCUT2D eigenvalue weighted by atomic mass is 10.00. The maximum absolute atomic E-state index is 14.0. The first kappa shape index (κ1) is 15.0. The molecule has 1 fully saturated rings. The van der Waals surface area contributed by atoms with Crippen LogP contribution in [0.4, 0.5) is 4.39 Å². The molecule has 2 N–H and O–H groups in total. The number of amides is 1. The maximum atomic E-state index is 14.0. The topological polar surface area (TPSA) is 46.3 Å². The molecule has 1 aliphatic heterocycles. The average molecular weight is 278 g/mol. The highest BCUT2D eigenvalue weighted by Gasteiger charge is 2.35. The molecule has 0 aliphatic carbocycles. The first-order valence-electron chi connectivity index (χ1n) is 7.26. The third kappa shape index (κ3) is 3.18. The van der Waals surface area contributed by atoms with Crippen molar-refractivity contribution in [3.05, 3.63) is 35.6 Å². The highest BCUT2D eigenvalue weighted by Crippen LogP contribution is 2.36. The van der Waals surface area contributed by atoms with Crippen molar-refractivity contribution in [1.29, 1.82) is 0 Å². The molecule has 1 saturated heterocycles. The number of nitrogens with zero attached hydrogens (tertiary/aromatic N) is 1. The molecule has 3 atom stereocenters. The molecule has 1 amide bonds. The fourth-order valence-corrected chi connectivity index (χ4v) is 2.86. The number of carbonyl (C=O) groups is 1. The molecule has 0 saturated carbocycles. The molecule has 0 radical (unpaired) electrons. The van der Waals surface area contributed by atoms with Gasteiger partial charge in [-0.2, -0.15) is 0 Å². The molecular weight excluding hydrogens is 255 g/mol. The van der Waals surface area contributed by atoms with E-state index in [0.717, 1.165) is 6.42 Å². The summed E-state index contributed by atoms with van der Waals surface area (Å²) in [6.45, 7) is 5.28. The molecule has 0 spiro atoms. The summed E-state index contributed by atoms with van der Waals surface area (Å²) in [4.78, 5) is 14.2. The largest absolute Gasteiger partial charge is 0.335 e. The molecule has 3 nitrogen and oxygen atoms in total. The Kier molecular flexibility index (Phi) is 4.76. The Hall–Kier alpha value is -1.42. The standard InChI is InChI=1S/C16H23FN2O/c1-11(9-18)8-16(20)19-10-12(2)7-15(19)13-5-3-4-6-14(13)17/h3-6,11-12,15H,7-10,18H2,1-2H3. The highest BCUT2D eigenvalue weighted by molar-refractivity contribution is 5.77. The van der Waals surface area contributed by atoms with Crippen LogP contribution in [0, 0.1) is 17.7 Å². The lowest BCUT2D eigenvalue weighted by Crippen LogP contribution is -2.33. The van der Waals surface area contributed by atoms with Gasteiger partial charge in [-0.3, -0.25) is 4.79 Å². The number of rotatable bonds is 4. The highest BCUT2D eigenvalue weighted by atomic mass is 19.1. The zero-order valence-electron chi connectivity index (χ0n) is 12.2. The number of benzene rings is 1. The van der Waals surface area contributed by atoms with Crippen LogP contribution in [-0.4, -0.2) is 23.9 Å². The van der Waals surface area contributed by atoms with E-state index in [4.69, 9.17) is 5.73 Å². The van der Waals surface area contributed by atoms with Crippen LogP contribution in [0.2, 0.25) is 0 Å². The summed E-state index contributed by atoms with van der Waals surface area (Å²) in [5.41, 5.74) is 6.22. The quantitative estimate of drug-likeness (QED) is 0.920. The summed E-state index contributed by atoms with van der Waals surface area (Å²) in [5, 5.41) is 0. The number of hydrogen-bond acceptors (Lipinski definition) is 2. The van der Waals surface area contributed by atoms with Crippen molar-refractivity contribution < 1.29 is 9.18 Å². The van der Waals surface area contributed by atoms with Gasteiger partial charge in [-0.25, -0.2) is 4.39 Å². The van der Waals surface area contributed by atoms with Gasteiger partial charge in [0.05, 0.1) is 6.04 Å². The van der Waals surface area contributed by atoms with Gasteiger partial charge in [0, 0.05) is 18.5 Å². The van der Waals surface area contributed by atoms with Gasteiger partial charge < -0.3 is 10.6 Å². The summed E-state index contributed by atoms with van der Waals surface area (Å²) in [5.74, 6) is 0.424. The Labute approximate surface area is 120 Å². The van der Waals surface area contributed by atoms with Crippen LogP contribution >= 0.6 is 0 Å². The monoisotopic (exact) mass is 278 g/mol. The predicted octanol–water partition coefficient (Wildman–Crippen LogP) is 2.72. The summed E-state index contributed by atoms with van der Waals surface area (Å²) < 4.78 is 14.0. The fourth-order valence-electron chi connectivity index (χ4n) is 2.86. The third-order valence-corrected chi connectivity index (χ3v) is 4.02. The van der Waals surface area contributed by atoms with Gasteiger partial charge in [-0.05, 0) is 30.9 Å². The molecule has 0 aromatic heterocycles. The van der Waals surface area contributed by atoms with E-state index in [2.05, 4.69) is 6.92 Å². The number of hydrogen-bond donors (Lipinski definition) is 1. The summed E-state index contributed by atoms with van der Waals surface area (Å²) in [6.07, 6.45) is 1.26. The number of nitrogens with two attached hydrogens (primary N) is 1. The van der Waals surface area contributed by atoms with E-state index in [9.17, 15) is 9.18 Å². The van der Waals surface area contributed by atoms with Crippen LogP contribution in [0.15, 0.2) is 24.3 Å². The van der Waals surface area contributed by atoms with Crippen molar-refractivity contribution in [2.75, 3.05) is 13.1 Å². The minimum absolute atomic E-state index is 0.0838. The minimum Gasteiger partial charge on any atom is -0.335 e. The van der Waals surface area contributed by atoms with Gasteiger partial charge in [0.1, 0.15) is 5.82 Å².